The van der Waals surface area contributed by atoms with E-state index in [1.165, 1.54) is 5.69 Å². The van der Waals surface area contributed by atoms with E-state index in [0.29, 0.717) is 18.5 Å². The van der Waals surface area contributed by atoms with Crippen LogP contribution in [0.25, 0.3) is 4.96 Å². The molecule has 19 heavy (non-hydrogen) atoms. The maximum absolute atomic E-state index is 5.77. The average Bonchev–Trinajstić information content (AvgIpc) is 2.88. The maximum Gasteiger partial charge on any atom is 0.195 e. The molecule has 5 heteroatoms. The van der Waals surface area contributed by atoms with Gasteiger partial charge >= 0.3 is 0 Å². The van der Waals surface area contributed by atoms with Crippen LogP contribution < -0.4 is 10.6 Å². The first-order chi connectivity index (χ1) is 9.04. The van der Waals surface area contributed by atoms with E-state index in [4.69, 9.17) is 10.7 Å². The monoisotopic (exact) mass is 280 g/mol. The third-order valence-electron chi connectivity index (χ3n) is 3.18. The standard InChI is InChI=1S/C14H24N4S/c1-10(2)9-18(11(3)4)13-12(5-6-15)17-7-8-19-14(17)16-13/h7-8,10-11H,5-6,9,15H2,1-4H3. The van der Waals surface area contributed by atoms with E-state index < -0.39 is 0 Å². The number of nitrogens with two attached hydrogens (primary N) is 1. The third-order valence-corrected chi connectivity index (χ3v) is 3.93. The second kappa shape index (κ2) is 5.92. The summed E-state index contributed by atoms with van der Waals surface area (Å²) >= 11 is 1.68. The number of hydrogen-bond donors (Lipinski definition) is 1. The van der Waals surface area contributed by atoms with Crippen molar-refractivity contribution in [1.29, 1.82) is 0 Å². The normalized spacial score (nSPS) is 11.9. The molecule has 2 heterocycles. The Morgan fingerprint density at radius 1 is 1.37 bits per heavy atom. The quantitative estimate of drug-likeness (QED) is 0.885. The molecule has 0 aliphatic carbocycles. The number of rotatable bonds is 6. The minimum absolute atomic E-state index is 0.448. The number of imidazole rings is 1. The molecular weight excluding hydrogens is 256 g/mol. The fraction of sp³-hybridized carbons (Fsp3) is 0.643. The second-order valence-electron chi connectivity index (χ2n) is 5.62. The van der Waals surface area contributed by atoms with Crippen molar-refractivity contribution in [2.45, 2.75) is 40.2 Å². The van der Waals surface area contributed by atoms with E-state index in [1.807, 2.05) is 0 Å². The largest absolute Gasteiger partial charge is 0.352 e. The topological polar surface area (TPSA) is 46.6 Å². The van der Waals surface area contributed by atoms with Gasteiger partial charge in [-0.05, 0) is 26.3 Å². The maximum atomic E-state index is 5.77. The molecule has 0 unspecified atom stereocenters. The predicted octanol–water partition coefficient (Wildman–Crippen LogP) is 2.77. The SMILES string of the molecule is CC(C)CN(c1nc2sccn2c1CCN)C(C)C. The molecule has 2 rings (SSSR count). The van der Waals surface area contributed by atoms with E-state index in [-0.39, 0.29) is 0 Å². The Labute approximate surface area is 119 Å². The number of nitrogens with zero attached hydrogens (tertiary/aromatic N) is 3. The lowest BCUT2D eigenvalue weighted by atomic mass is 10.1. The van der Waals surface area contributed by atoms with Gasteiger partial charge in [0, 0.05) is 30.6 Å². The van der Waals surface area contributed by atoms with Gasteiger partial charge in [0.2, 0.25) is 0 Å². The zero-order valence-electron chi connectivity index (χ0n) is 12.3. The number of fused-ring (bicyclic) bond motifs is 1. The van der Waals surface area contributed by atoms with Crippen LogP contribution in [0.4, 0.5) is 5.82 Å². The van der Waals surface area contributed by atoms with Gasteiger partial charge < -0.3 is 10.6 Å². The van der Waals surface area contributed by atoms with Crippen molar-refractivity contribution in [2.75, 3.05) is 18.0 Å². The molecule has 0 aromatic carbocycles. The Morgan fingerprint density at radius 2 is 2.11 bits per heavy atom. The highest BCUT2D eigenvalue weighted by atomic mass is 32.1. The number of anilines is 1. The first kappa shape index (κ1) is 14.3. The molecule has 0 aliphatic rings. The molecule has 0 atom stereocenters. The number of aromatic nitrogens is 2. The summed E-state index contributed by atoms with van der Waals surface area (Å²) in [5, 5.41) is 2.08. The molecular formula is C14H24N4S. The van der Waals surface area contributed by atoms with Gasteiger partial charge in [0.05, 0.1) is 5.69 Å². The molecule has 0 saturated heterocycles. The van der Waals surface area contributed by atoms with Gasteiger partial charge in [0.15, 0.2) is 10.8 Å². The van der Waals surface area contributed by atoms with Crippen LogP contribution in [0.5, 0.6) is 0 Å². The summed E-state index contributed by atoms with van der Waals surface area (Å²) in [5.74, 6) is 1.73. The van der Waals surface area contributed by atoms with Crippen LogP contribution in [0.15, 0.2) is 11.6 Å². The van der Waals surface area contributed by atoms with Gasteiger partial charge in [0.1, 0.15) is 0 Å². The van der Waals surface area contributed by atoms with Gasteiger partial charge in [-0.1, -0.05) is 13.8 Å². The fourth-order valence-electron chi connectivity index (χ4n) is 2.36. The van der Waals surface area contributed by atoms with E-state index in [2.05, 4.69) is 48.6 Å². The Kier molecular flexibility index (Phi) is 4.47. The van der Waals surface area contributed by atoms with Crippen molar-refractivity contribution in [1.82, 2.24) is 9.38 Å². The van der Waals surface area contributed by atoms with Crippen LogP contribution in [0.2, 0.25) is 0 Å². The molecule has 2 aromatic heterocycles. The molecule has 0 spiro atoms. The second-order valence-corrected chi connectivity index (χ2v) is 6.49. The van der Waals surface area contributed by atoms with Crippen LogP contribution in [0.3, 0.4) is 0 Å². The molecule has 0 fully saturated rings. The zero-order chi connectivity index (χ0) is 14.0. The van der Waals surface area contributed by atoms with Gasteiger partial charge in [0.25, 0.3) is 0 Å². The third kappa shape index (κ3) is 2.92. The lowest BCUT2D eigenvalue weighted by Gasteiger charge is -2.29. The van der Waals surface area contributed by atoms with E-state index >= 15 is 0 Å². The lowest BCUT2D eigenvalue weighted by Crippen LogP contribution is -2.35. The molecule has 0 radical (unpaired) electrons. The molecule has 4 nitrogen and oxygen atoms in total. The highest BCUT2D eigenvalue weighted by Gasteiger charge is 2.21. The predicted molar refractivity (Wildman–Crippen MR) is 83.1 cm³/mol. The van der Waals surface area contributed by atoms with Crippen molar-refractivity contribution in [2.24, 2.45) is 11.7 Å². The first-order valence-corrected chi connectivity index (χ1v) is 7.83. The van der Waals surface area contributed by atoms with Gasteiger partial charge in [-0.25, -0.2) is 4.98 Å². The summed E-state index contributed by atoms with van der Waals surface area (Å²) in [6, 6.07) is 0.448. The molecule has 106 valence electrons. The van der Waals surface area contributed by atoms with Crippen molar-refractivity contribution in [3.8, 4) is 0 Å². The fourth-order valence-corrected chi connectivity index (χ4v) is 3.08. The molecule has 0 aliphatic heterocycles. The van der Waals surface area contributed by atoms with E-state index in [1.54, 1.807) is 11.3 Å². The van der Waals surface area contributed by atoms with Gasteiger partial charge in [-0.3, -0.25) is 4.40 Å². The molecule has 2 N–H and O–H groups in total. The first-order valence-electron chi connectivity index (χ1n) is 6.95. The Morgan fingerprint density at radius 3 is 2.68 bits per heavy atom. The summed E-state index contributed by atoms with van der Waals surface area (Å²) in [4.78, 5) is 8.28. The van der Waals surface area contributed by atoms with Crippen LogP contribution >= 0.6 is 11.3 Å². The molecule has 0 amide bonds. The smallest absolute Gasteiger partial charge is 0.195 e. The van der Waals surface area contributed by atoms with E-state index in [0.717, 1.165) is 23.7 Å². The Balaban J connectivity index is 2.45. The highest BCUT2D eigenvalue weighted by molar-refractivity contribution is 7.15. The number of hydrogen-bond acceptors (Lipinski definition) is 4. The van der Waals surface area contributed by atoms with Crippen molar-refractivity contribution >= 4 is 22.1 Å². The number of thiazole rings is 1. The van der Waals surface area contributed by atoms with Gasteiger partial charge in [-0.2, -0.15) is 0 Å². The summed E-state index contributed by atoms with van der Waals surface area (Å²) in [5.41, 5.74) is 7.01. The Hall–Kier alpha value is -1.07. The van der Waals surface area contributed by atoms with Crippen LogP contribution in [0.1, 0.15) is 33.4 Å². The minimum Gasteiger partial charge on any atom is -0.352 e. The Bertz CT molecular complexity index is 527. The lowest BCUT2D eigenvalue weighted by molar-refractivity contribution is 0.565. The summed E-state index contributed by atoms with van der Waals surface area (Å²) in [6.07, 6.45) is 2.96. The van der Waals surface area contributed by atoms with Crippen LogP contribution in [-0.2, 0) is 6.42 Å². The van der Waals surface area contributed by atoms with Crippen molar-refractivity contribution in [3.63, 3.8) is 0 Å². The summed E-state index contributed by atoms with van der Waals surface area (Å²) < 4.78 is 2.18. The summed E-state index contributed by atoms with van der Waals surface area (Å²) in [7, 11) is 0. The van der Waals surface area contributed by atoms with Gasteiger partial charge in [-0.15, -0.1) is 11.3 Å². The molecule has 2 aromatic rings. The zero-order valence-corrected chi connectivity index (χ0v) is 13.1. The summed E-state index contributed by atoms with van der Waals surface area (Å²) in [6.45, 7) is 10.6. The minimum atomic E-state index is 0.448. The van der Waals surface area contributed by atoms with Crippen molar-refractivity contribution < 1.29 is 0 Å². The van der Waals surface area contributed by atoms with E-state index in [9.17, 15) is 0 Å². The van der Waals surface area contributed by atoms with Crippen LogP contribution in [-0.4, -0.2) is 28.5 Å². The molecule has 0 saturated carbocycles. The average molecular weight is 280 g/mol. The van der Waals surface area contributed by atoms with Crippen LogP contribution in [0, 0.1) is 5.92 Å². The highest BCUT2D eigenvalue weighted by Crippen LogP contribution is 2.27. The van der Waals surface area contributed by atoms with Crippen molar-refractivity contribution in [3.05, 3.63) is 17.3 Å². The molecule has 0 bridgehead atoms.